The number of rotatable bonds is 26. The van der Waals surface area contributed by atoms with E-state index in [0.29, 0.717) is 13.0 Å². The molecule has 0 aliphatic carbocycles. The van der Waals surface area contributed by atoms with Gasteiger partial charge in [-0.3, -0.25) is 4.79 Å². The van der Waals surface area contributed by atoms with E-state index >= 15 is 0 Å². The van der Waals surface area contributed by atoms with Crippen molar-refractivity contribution in [1.29, 1.82) is 0 Å². The van der Waals surface area contributed by atoms with Gasteiger partial charge >= 0.3 is 5.97 Å². The monoisotopic (exact) mass is 596 g/mol. The summed E-state index contributed by atoms with van der Waals surface area (Å²) in [7, 11) is 0. The summed E-state index contributed by atoms with van der Waals surface area (Å²) in [4.78, 5) is 18.4. The molecule has 42 heavy (non-hydrogen) atoms. The van der Waals surface area contributed by atoms with Gasteiger partial charge in [-0.05, 0) is 92.4 Å². The van der Waals surface area contributed by atoms with Crippen molar-refractivity contribution >= 4 is 5.97 Å². The van der Waals surface area contributed by atoms with Crippen LogP contribution in [0.3, 0.4) is 0 Å². The molecule has 250 valence electrons. The summed E-state index contributed by atoms with van der Waals surface area (Å²) in [5.41, 5.74) is -0.348. The van der Waals surface area contributed by atoms with Crippen molar-refractivity contribution < 1.29 is 19.1 Å². The fraction of sp³-hybridized carbons (Fsp3) is 0.973. The van der Waals surface area contributed by atoms with Crippen LogP contribution in [0, 0.1) is 5.92 Å². The zero-order valence-electron chi connectivity index (χ0n) is 29.6. The van der Waals surface area contributed by atoms with E-state index in [1.807, 2.05) is 5.06 Å². The average molecular weight is 596 g/mol. The molecule has 5 heteroatoms. The van der Waals surface area contributed by atoms with Gasteiger partial charge in [-0.2, -0.15) is 0 Å². The molecular weight excluding hydrogens is 522 g/mol. The molecule has 0 spiro atoms. The van der Waals surface area contributed by atoms with Gasteiger partial charge in [0, 0.05) is 19.6 Å². The Morgan fingerprint density at radius 1 is 0.714 bits per heavy atom. The summed E-state index contributed by atoms with van der Waals surface area (Å²) in [5, 5.41) is 1.99. The molecule has 1 aliphatic heterocycles. The molecule has 1 unspecified atom stereocenters. The molecule has 0 saturated carbocycles. The number of ether oxygens (including phenoxy) is 2. The van der Waals surface area contributed by atoms with Crippen molar-refractivity contribution in [2.45, 2.75) is 207 Å². The maximum atomic E-state index is 12.5. The van der Waals surface area contributed by atoms with E-state index in [2.05, 4.69) is 55.4 Å². The Bertz CT molecular complexity index is 659. The highest BCUT2D eigenvalue weighted by Crippen LogP contribution is 2.38. The van der Waals surface area contributed by atoms with Crippen LogP contribution < -0.4 is 0 Å². The molecule has 1 fully saturated rings. The molecule has 0 aromatic heterocycles. The van der Waals surface area contributed by atoms with Crippen molar-refractivity contribution in [2.75, 3.05) is 19.8 Å². The maximum Gasteiger partial charge on any atom is 0.325 e. The molecule has 0 aromatic carbocycles. The Kier molecular flexibility index (Phi) is 20.6. The first-order valence-electron chi connectivity index (χ1n) is 18.2. The van der Waals surface area contributed by atoms with Crippen molar-refractivity contribution in [3.8, 4) is 0 Å². The van der Waals surface area contributed by atoms with Crippen molar-refractivity contribution in [2.24, 2.45) is 5.92 Å². The zero-order chi connectivity index (χ0) is 31.3. The Morgan fingerprint density at radius 3 is 1.90 bits per heavy atom. The summed E-state index contributed by atoms with van der Waals surface area (Å²) in [6.07, 6.45) is 25.3. The molecule has 1 atom stereocenters. The summed E-state index contributed by atoms with van der Waals surface area (Å²) in [6.45, 7) is 20.0. The quantitative estimate of drug-likeness (QED) is 0.0931. The fourth-order valence-corrected chi connectivity index (χ4v) is 6.59. The number of carbonyl (C=O) groups excluding carboxylic acids is 1. The molecule has 1 heterocycles. The standard InChI is InChI=1S/C37H73NO4/c1-9-11-13-21-31-41-37(7,8)32-40-30-22-26-33(24-12-10-2)25-19-17-15-14-16-18-20-27-34(39)42-38-35(3,4)28-23-29-36(38,5)6/h33H,9-32H2,1-8H3. The van der Waals surface area contributed by atoms with E-state index < -0.39 is 0 Å². The van der Waals surface area contributed by atoms with Crippen LogP contribution in [0.25, 0.3) is 0 Å². The minimum absolute atomic E-state index is 0.0589. The van der Waals surface area contributed by atoms with Crippen LogP contribution in [0.4, 0.5) is 0 Å². The average Bonchev–Trinajstić information content (AvgIpc) is 2.91. The van der Waals surface area contributed by atoms with E-state index in [9.17, 15) is 4.79 Å². The second-order valence-corrected chi connectivity index (χ2v) is 15.1. The van der Waals surface area contributed by atoms with Crippen LogP contribution in [-0.2, 0) is 19.1 Å². The first kappa shape index (κ1) is 39.4. The lowest BCUT2D eigenvalue weighted by molar-refractivity contribution is -0.265. The Morgan fingerprint density at radius 2 is 1.26 bits per heavy atom. The molecule has 1 saturated heterocycles. The van der Waals surface area contributed by atoms with Crippen molar-refractivity contribution in [1.82, 2.24) is 5.06 Å². The molecule has 1 aliphatic rings. The molecule has 5 nitrogen and oxygen atoms in total. The third-order valence-corrected chi connectivity index (χ3v) is 9.17. The second kappa shape index (κ2) is 22.0. The van der Waals surface area contributed by atoms with E-state index in [1.54, 1.807) is 0 Å². The lowest BCUT2D eigenvalue weighted by Crippen LogP contribution is -2.58. The lowest BCUT2D eigenvalue weighted by atomic mass is 9.82. The van der Waals surface area contributed by atoms with Gasteiger partial charge in [0.1, 0.15) is 0 Å². The van der Waals surface area contributed by atoms with Crippen LogP contribution in [0.2, 0.25) is 0 Å². The highest BCUT2D eigenvalue weighted by molar-refractivity contribution is 5.69. The summed E-state index contributed by atoms with van der Waals surface area (Å²) < 4.78 is 12.1. The topological polar surface area (TPSA) is 48.0 Å². The van der Waals surface area contributed by atoms with Gasteiger partial charge in [-0.25, -0.2) is 0 Å². The predicted octanol–water partition coefficient (Wildman–Crippen LogP) is 11.0. The van der Waals surface area contributed by atoms with Gasteiger partial charge in [-0.1, -0.05) is 97.3 Å². The van der Waals surface area contributed by atoms with Crippen molar-refractivity contribution in [3.63, 3.8) is 0 Å². The molecule has 0 bridgehead atoms. The fourth-order valence-electron chi connectivity index (χ4n) is 6.59. The van der Waals surface area contributed by atoms with Crippen LogP contribution in [0.5, 0.6) is 0 Å². The molecule has 0 radical (unpaired) electrons. The molecule has 0 aromatic rings. The minimum atomic E-state index is -0.182. The molecular formula is C37H73NO4. The Balaban J connectivity index is 2.11. The van der Waals surface area contributed by atoms with Gasteiger partial charge in [0.05, 0.1) is 23.3 Å². The third-order valence-electron chi connectivity index (χ3n) is 9.17. The van der Waals surface area contributed by atoms with E-state index in [-0.39, 0.29) is 22.6 Å². The second-order valence-electron chi connectivity index (χ2n) is 15.1. The van der Waals surface area contributed by atoms with E-state index in [4.69, 9.17) is 14.3 Å². The minimum Gasteiger partial charge on any atom is -0.378 e. The number of hydrogen-bond acceptors (Lipinski definition) is 5. The van der Waals surface area contributed by atoms with Gasteiger partial charge in [-0.15, -0.1) is 5.06 Å². The number of unbranched alkanes of at least 4 members (excludes halogenated alkanes) is 10. The summed E-state index contributed by atoms with van der Waals surface area (Å²) in [6, 6.07) is 0. The van der Waals surface area contributed by atoms with E-state index in [1.165, 1.54) is 89.9 Å². The normalized spacial score (nSPS) is 17.8. The molecule has 0 amide bonds. The van der Waals surface area contributed by atoms with Crippen LogP contribution in [0.1, 0.15) is 190 Å². The highest BCUT2D eigenvalue weighted by Gasteiger charge is 2.44. The molecule has 0 N–H and O–H groups in total. The third kappa shape index (κ3) is 18.2. The highest BCUT2D eigenvalue weighted by atomic mass is 16.7. The summed E-state index contributed by atoms with van der Waals surface area (Å²) >= 11 is 0. The number of nitrogens with zero attached hydrogens (tertiary/aromatic N) is 1. The Labute approximate surface area is 262 Å². The Hall–Kier alpha value is -0.650. The van der Waals surface area contributed by atoms with Crippen molar-refractivity contribution in [3.05, 3.63) is 0 Å². The van der Waals surface area contributed by atoms with Crippen LogP contribution in [0.15, 0.2) is 0 Å². The van der Waals surface area contributed by atoms with Gasteiger partial charge in [0.25, 0.3) is 0 Å². The van der Waals surface area contributed by atoms with Crippen LogP contribution in [-0.4, -0.2) is 47.5 Å². The lowest BCUT2D eigenvalue weighted by Gasteiger charge is -2.50. The van der Waals surface area contributed by atoms with Gasteiger partial charge in [0.2, 0.25) is 0 Å². The largest absolute Gasteiger partial charge is 0.378 e. The molecule has 1 rings (SSSR count). The number of hydroxylamine groups is 2. The van der Waals surface area contributed by atoms with E-state index in [0.717, 1.165) is 57.7 Å². The van der Waals surface area contributed by atoms with Gasteiger partial charge < -0.3 is 14.3 Å². The number of piperidine rings is 1. The van der Waals surface area contributed by atoms with Gasteiger partial charge in [0.15, 0.2) is 0 Å². The first-order chi connectivity index (χ1) is 19.9. The number of carbonyl (C=O) groups is 1. The SMILES string of the molecule is CCCCCCOC(C)(C)COCCCC(CCCC)CCCCCCCCCC(=O)ON1C(C)(C)CCCC1(C)C. The predicted molar refractivity (Wildman–Crippen MR) is 179 cm³/mol. The number of hydrogen-bond donors (Lipinski definition) is 0. The smallest absolute Gasteiger partial charge is 0.325 e. The summed E-state index contributed by atoms with van der Waals surface area (Å²) in [5.74, 6) is 0.786. The maximum absolute atomic E-state index is 12.5. The zero-order valence-corrected chi connectivity index (χ0v) is 29.6. The first-order valence-corrected chi connectivity index (χ1v) is 18.2. The van der Waals surface area contributed by atoms with Crippen LogP contribution >= 0.6 is 0 Å².